The van der Waals surface area contributed by atoms with Gasteiger partial charge in [0.25, 0.3) is 0 Å². The molecule has 0 unspecified atom stereocenters. The van der Waals surface area contributed by atoms with Crippen LogP contribution in [0.25, 0.3) is 55.2 Å². The first-order valence-corrected chi connectivity index (χ1v) is 12.4. The van der Waals surface area contributed by atoms with Gasteiger partial charge in [0.15, 0.2) is 11.0 Å². The van der Waals surface area contributed by atoms with E-state index in [1.54, 1.807) is 48.9 Å². The average molecular weight is 514 g/mol. The Bertz CT molecular complexity index is 1840. The van der Waals surface area contributed by atoms with Crippen LogP contribution in [0, 0.1) is 16.9 Å². The van der Waals surface area contributed by atoms with Crippen molar-refractivity contribution in [2.75, 3.05) is 5.32 Å². The number of carbonyl (C=O) groups is 1. The Labute approximate surface area is 211 Å². The van der Waals surface area contributed by atoms with Crippen molar-refractivity contribution in [2.45, 2.75) is 12.8 Å². The number of imidazole rings is 1. The molecule has 1 aliphatic rings. The first kappa shape index (κ1) is 21.7. The van der Waals surface area contributed by atoms with Crippen LogP contribution < -0.4 is 5.32 Å². The number of aromatic amines is 2. The monoisotopic (exact) mass is 513 g/mol. The normalized spacial score (nSPS) is 13.5. The van der Waals surface area contributed by atoms with Gasteiger partial charge in [-0.1, -0.05) is 0 Å². The van der Waals surface area contributed by atoms with E-state index < -0.39 is 5.82 Å². The number of H-pyrrole nitrogens is 2. The molecule has 5 aromatic heterocycles. The largest absolute Gasteiger partial charge is 0.336 e. The molecule has 6 aromatic rings. The molecule has 8 nitrogen and oxygen atoms in total. The molecule has 0 saturated heterocycles. The minimum absolute atomic E-state index is 0.0450. The van der Waals surface area contributed by atoms with Gasteiger partial charge in [-0.25, -0.2) is 9.37 Å². The molecule has 0 aliphatic heterocycles. The van der Waals surface area contributed by atoms with Gasteiger partial charge in [-0.2, -0.15) is 9.49 Å². The fraction of sp³-hybridized carbons (Fsp3) is 0.115. The summed E-state index contributed by atoms with van der Waals surface area (Å²) in [4.78, 5) is 29.2. The summed E-state index contributed by atoms with van der Waals surface area (Å²) in [5.74, 6) is -0.139. The molecule has 0 spiro atoms. The molecule has 182 valence electrons. The van der Waals surface area contributed by atoms with Gasteiger partial charge in [0, 0.05) is 29.4 Å². The fourth-order valence-corrected chi connectivity index (χ4v) is 5.11. The zero-order valence-corrected chi connectivity index (χ0v) is 19.9. The van der Waals surface area contributed by atoms with E-state index in [-0.39, 0.29) is 22.3 Å². The van der Waals surface area contributed by atoms with Crippen molar-refractivity contribution in [3.8, 4) is 33.2 Å². The lowest BCUT2D eigenvalue weighted by Crippen LogP contribution is -2.13. The highest BCUT2D eigenvalue weighted by Gasteiger charge is 2.29. The Morgan fingerprint density at radius 3 is 2.76 bits per heavy atom. The van der Waals surface area contributed by atoms with E-state index in [0.717, 1.165) is 24.2 Å². The molecule has 37 heavy (non-hydrogen) atoms. The molecule has 7 rings (SSSR count). The number of nitrogens with one attached hydrogen (secondary N) is 3. The Balaban J connectivity index is 1.32. The molecule has 0 atom stereocenters. The van der Waals surface area contributed by atoms with Gasteiger partial charge in [0.1, 0.15) is 22.7 Å². The summed E-state index contributed by atoms with van der Waals surface area (Å²) in [6, 6.07) is 9.88. The maximum Gasteiger partial charge on any atom is 0.227 e. The first-order valence-electron chi connectivity index (χ1n) is 11.6. The van der Waals surface area contributed by atoms with Gasteiger partial charge >= 0.3 is 0 Å². The number of benzene rings is 1. The highest BCUT2D eigenvalue weighted by molar-refractivity contribution is 7.13. The van der Waals surface area contributed by atoms with Crippen LogP contribution in [0.1, 0.15) is 12.8 Å². The lowest BCUT2D eigenvalue weighted by molar-refractivity contribution is -0.117. The quantitative estimate of drug-likeness (QED) is 0.265. The Morgan fingerprint density at radius 2 is 1.95 bits per heavy atom. The van der Waals surface area contributed by atoms with Gasteiger partial charge < -0.3 is 10.3 Å². The van der Waals surface area contributed by atoms with E-state index in [1.807, 2.05) is 0 Å². The van der Waals surface area contributed by atoms with Crippen LogP contribution in [0.2, 0.25) is 0 Å². The van der Waals surface area contributed by atoms with E-state index in [1.165, 1.54) is 6.07 Å². The number of rotatable bonds is 5. The second-order valence-electron chi connectivity index (χ2n) is 8.89. The van der Waals surface area contributed by atoms with Crippen LogP contribution in [0.3, 0.4) is 0 Å². The third-order valence-electron chi connectivity index (χ3n) is 6.36. The first-order chi connectivity index (χ1) is 18.0. The van der Waals surface area contributed by atoms with Gasteiger partial charge in [0.2, 0.25) is 5.91 Å². The number of anilines is 1. The summed E-state index contributed by atoms with van der Waals surface area (Å²) in [6.45, 7) is 0. The summed E-state index contributed by atoms with van der Waals surface area (Å²) >= 11 is 0.980. The van der Waals surface area contributed by atoms with Gasteiger partial charge in [-0.3, -0.25) is 19.9 Å². The number of thiophene rings is 1. The number of nitrogens with zero attached hydrogens (tertiary/aromatic N) is 4. The second kappa shape index (κ2) is 8.27. The lowest BCUT2D eigenvalue weighted by atomic mass is 10.0. The summed E-state index contributed by atoms with van der Waals surface area (Å²) in [6.07, 6.45) is 6.48. The van der Waals surface area contributed by atoms with Crippen molar-refractivity contribution in [3.63, 3.8) is 0 Å². The summed E-state index contributed by atoms with van der Waals surface area (Å²) in [5, 5.41) is 10.0. The van der Waals surface area contributed by atoms with E-state index >= 15 is 4.39 Å². The Morgan fingerprint density at radius 1 is 1.05 bits per heavy atom. The molecule has 1 fully saturated rings. The molecular formula is C26H17F2N7OS. The number of pyridine rings is 2. The van der Waals surface area contributed by atoms with Crippen LogP contribution in [-0.4, -0.2) is 36.0 Å². The molecule has 1 saturated carbocycles. The van der Waals surface area contributed by atoms with Gasteiger partial charge in [-0.05, 0) is 49.2 Å². The van der Waals surface area contributed by atoms with Gasteiger partial charge in [-0.15, -0.1) is 11.3 Å². The summed E-state index contributed by atoms with van der Waals surface area (Å²) in [5.41, 5.74) is 3.91. The lowest BCUT2D eigenvalue weighted by Gasteiger charge is -2.08. The second-order valence-corrected chi connectivity index (χ2v) is 9.93. The fourth-order valence-electron chi connectivity index (χ4n) is 4.38. The average Bonchev–Trinajstić information content (AvgIpc) is 3.29. The number of aromatic nitrogens is 6. The SMILES string of the molecule is O=C(Nc1cncc(-c2ccc3[nH]nc(-c4nc5c(-c6ccc(F)s6)nccc5[nH]4)c3c2F)c1)C1CC1. The number of hydrogen-bond donors (Lipinski definition) is 3. The van der Waals surface area contributed by atoms with Crippen LogP contribution >= 0.6 is 11.3 Å². The number of carbonyl (C=O) groups excluding carboxylic acids is 1. The highest BCUT2D eigenvalue weighted by atomic mass is 32.1. The van der Waals surface area contributed by atoms with Crippen molar-refractivity contribution in [2.24, 2.45) is 5.92 Å². The molecule has 1 amide bonds. The maximum atomic E-state index is 16.0. The molecule has 1 aromatic carbocycles. The van der Waals surface area contributed by atoms with Crippen molar-refractivity contribution in [1.29, 1.82) is 0 Å². The third-order valence-corrected chi connectivity index (χ3v) is 7.24. The van der Waals surface area contributed by atoms with Crippen LogP contribution in [0.4, 0.5) is 14.5 Å². The number of hydrogen-bond acceptors (Lipinski definition) is 6. The minimum atomic E-state index is -0.493. The Kier molecular flexibility index (Phi) is 4.86. The third kappa shape index (κ3) is 3.75. The minimum Gasteiger partial charge on any atom is -0.336 e. The van der Waals surface area contributed by atoms with E-state index in [0.29, 0.717) is 55.5 Å². The molecule has 0 bridgehead atoms. The summed E-state index contributed by atoms with van der Waals surface area (Å²) < 4.78 is 29.6. The van der Waals surface area contributed by atoms with Gasteiger partial charge in [0.05, 0.1) is 33.2 Å². The molecule has 3 N–H and O–H groups in total. The van der Waals surface area contributed by atoms with Crippen LogP contribution in [0.5, 0.6) is 0 Å². The predicted octanol–water partition coefficient (Wildman–Crippen LogP) is 5.92. The van der Waals surface area contributed by atoms with Crippen molar-refractivity contribution < 1.29 is 13.6 Å². The van der Waals surface area contributed by atoms with Crippen molar-refractivity contribution in [1.82, 2.24) is 30.1 Å². The van der Waals surface area contributed by atoms with E-state index in [9.17, 15) is 9.18 Å². The molecule has 5 heterocycles. The van der Waals surface area contributed by atoms with Crippen molar-refractivity contribution in [3.05, 3.63) is 65.9 Å². The topological polar surface area (TPSA) is 112 Å². The molecule has 11 heteroatoms. The zero-order valence-electron chi connectivity index (χ0n) is 19.0. The predicted molar refractivity (Wildman–Crippen MR) is 137 cm³/mol. The number of fused-ring (bicyclic) bond motifs is 2. The zero-order chi connectivity index (χ0) is 25.1. The standard InChI is InChI=1S/C26H17F2N7OS/c27-19-6-5-18(37-19)23-22-17(7-8-30-23)32-25(33-22)24-20-16(34-35-24)4-3-15(21(20)28)13-9-14(11-29-10-13)31-26(36)12-1-2-12/h3-12H,1-2H2,(H,31,36)(H,32,33)(H,34,35). The van der Waals surface area contributed by atoms with Crippen molar-refractivity contribution >= 4 is 44.9 Å². The Hall–Kier alpha value is -4.51. The summed E-state index contributed by atoms with van der Waals surface area (Å²) in [7, 11) is 0. The van der Waals surface area contributed by atoms with E-state index in [2.05, 4.69) is 35.5 Å². The van der Waals surface area contributed by atoms with Crippen LogP contribution in [0.15, 0.2) is 55.0 Å². The smallest absolute Gasteiger partial charge is 0.227 e. The number of halogens is 2. The number of amides is 1. The van der Waals surface area contributed by atoms with Crippen LogP contribution in [-0.2, 0) is 4.79 Å². The molecule has 1 aliphatic carbocycles. The highest BCUT2D eigenvalue weighted by Crippen LogP contribution is 2.36. The molecule has 0 radical (unpaired) electrons. The molecular weight excluding hydrogens is 496 g/mol. The van der Waals surface area contributed by atoms with E-state index in [4.69, 9.17) is 0 Å². The maximum absolute atomic E-state index is 16.0.